The molecule has 1 aromatic carbocycles. The van der Waals surface area contributed by atoms with Crippen LogP contribution in [0.2, 0.25) is 0 Å². The van der Waals surface area contributed by atoms with E-state index in [1.165, 1.54) is 0 Å². The van der Waals surface area contributed by atoms with Crippen molar-refractivity contribution in [2.75, 3.05) is 18.4 Å². The first-order valence-corrected chi connectivity index (χ1v) is 11.0. The second kappa shape index (κ2) is 9.29. The van der Waals surface area contributed by atoms with Crippen molar-refractivity contribution in [3.8, 4) is 11.3 Å². The highest BCUT2D eigenvalue weighted by Crippen LogP contribution is 2.29. The predicted molar refractivity (Wildman–Crippen MR) is 125 cm³/mol. The summed E-state index contributed by atoms with van der Waals surface area (Å²) < 4.78 is 0. The van der Waals surface area contributed by atoms with Crippen LogP contribution in [0, 0.1) is 19.8 Å². The van der Waals surface area contributed by atoms with Crippen molar-refractivity contribution < 1.29 is 4.79 Å². The first kappa shape index (κ1) is 21.0. The molecule has 2 atom stereocenters. The van der Waals surface area contributed by atoms with Gasteiger partial charge in [0.05, 0.1) is 11.7 Å². The Labute approximate surface area is 184 Å². The maximum Gasteiger partial charge on any atom is 0.254 e. The third kappa shape index (κ3) is 4.76. The Balaban J connectivity index is 1.61. The van der Waals surface area contributed by atoms with Gasteiger partial charge >= 0.3 is 0 Å². The van der Waals surface area contributed by atoms with E-state index in [1.807, 2.05) is 62.5 Å². The van der Waals surface area contributed by atoms with Gasteiger partial charge in [-0.1, -0.05) is 36.8 Å². The molecule has 1 N–H and O–H groups in total. The van der Waals surface area contributed by atoms with Gasteiger partial charge in [-0.05, 0) is 62.4 Å². The number of piperidine rings is 1. The van der Waals surface area contributed by atoms with Gasteiger partial charge in [0.1, 0.15) is 5.82 Å². The maximum absolute atomic E-state index is 13.8. The summed E-state index contributed by atoms with van der Waals surface area (Å²) in [5.74, 6) is 1.35. The summed E-state index contributed by atoms with van der Waals surface area (Å²) in [6.45, 7) is 7.76. The van der Waals surface area contributed by atoms with Gasteiger partial charge in [-0.15, -0.1) is 0 Å². The third-order valence-corrected chi connectivity index (χ3v) is 6.13. The Morgan fingerprint density at radius 1 is 1.10 bits per heavy atom. The molecule has 2 aromatic heterocycles. The number of amides is 1. The van der Waals surface area contributed by atoms with Crippen molar-refractivity contribution >= 4 is 11.7 Å². The molecule has 1 amide bonds. The SMILES string of the molecule is Cc1ccc(NCC2C(C)CCCN2C(=O)c2cc(C)ccc2-c2ccccn2)nc1. The van der Waals surface area contributed by atoms with E-state index < -0.39 is 0 Å². The van der Waals surface area contributed by atoms with Gasteiger partial charge in [-0.2, -0.15) is 0 Å². The smallest absolute Gasteiger partial charge is 0.254 e. The molecule has 2 unspecified atom stereocenters. The van der Waals surface area contributed by atoms with E-state index in [4.69, 9.17) is 0 Å². The highest BCUT2D eigenvalue weighted by atomic mass is 16.2. The molecular formula is C26H30N4O. The van der Waals surface area contributed by atoms with Crippen molar-refractivity contribution in [3.63, 3.8) is 0 Å². The summed E-state index contributed by atoms with van der Waals surface area (Å²) in [5.41, 5.74) is 4.66. The largest absolute Gasteiger partial charge is 0.368 e. The third-order valence-electron chi connectivity index (χ3n) is 6.13. The molecule has 1 aliphatic rings. The molecule has 0 saturated carbocycles. The molecule has 31 heavy (non-hydrogen) atoms. The van der Waals surface area contributed by atoms with E-state index in [9.17, 15) is 4.79 Å². The number of aryl methyl sites for hydroxylation is 2. The first-order valence-electron chi connectivity index (χ1n) is 11.0. The lowest BCUT2D eigenvalue weighted by Gasteiger charge is -2.40. The average Bonchev–Trinajstić information content (AvgIpc) is 2.79. The van der Waals surface area contributed by atoms with Gasteiger partial charge in [-0.3, -0.25) is 9.78 Å². The topological polar surface area (TPSA) is 58.1 Å². The second-order valence-electron chi connectivity index (χ2n) is 8.55. The number of benzene rings is 1. The molecule has 4 rings (SSSR count). The van der Waals surface area contributed by atoms with Gasteiger partial charge in [-0.25, -0.2) is 4.98 Å². The molecule has 5 nitrogen and oxygen atoms in total. The van der Waals surface area contributed by atoms with Gasteiger partial charge in [0.15, 0.2) is 0 Å². The number of anilines is 1. The van der Waals surface area contributed by atoms with E-state index >= 15 is 0 Å². The lowest BCUT2D eigenvalue weighted by molar-refractivity contribution is 0.0540. The first-order chi connectivity index (χ1) is 15.0. The monoisotopic (exact) mass is 414 g/mol. The number of hydrogen-bond acceptors (Lipinski definition) is 4. The van der Waals surface area contributed by atoms with E-state index in [2.05, 4.69) is 33.2 Å². The van der Waals surface area contributed by atoms with Crippen molar-refractivity contribution in [3.05, 3.63) is 77.6 Å². The van der Waals surface area contributed by atoms with Crippen molar-refractivity contribution in [1.29, 1.82) is 0 Å². The second-order valence-corrected chi connectivity index (χ2v) is 8.55. The van der Waals surface area contributed by atoms with Crippen LogP contribution in [0.25, 0.3) is 11.3 Å². The van der Waals surface area contributed by atoms with Crippen LogP contribution < -0.4 is 5.32 Å². The zero-order valence-electron chi connectivity index (χ0n) is 18.5. The van der Waals surface area contributed by atoms with Crippen LogP contribution in [-0.4, -0.2) is 39.9 Å². The molecule has 1 aliphatic heterocycles. The van der Waals surface area contributed by atoms with E-state index in [0.717, 1.165) is 53.2 Å². The van der Waals surface area contributed by atoms with E-state index in [1.54, 1.807) is 6.20 Å². The molecule has 0 spiro atoms. The summed E-state index contributed by atoms with van der Waals surface area (Å²) in [6, 6.07) is 16.0. The van der Waals surface area contributed by atoms with Gasteiger partial charge in [0.2, 0.25) is 0 Å². The molecule has 5 heteroatoms. The van der Waals surface area contributed by atoms with Crippen LogP contribution in [-0.2, 0) is 0 Å². The summed E-state index contributed by atoms with van der Waals surface area (Å²) in [4.78, 5) is 24.8. The van der Waals surface area contributed by atoms with Crippen LogP contribution in [0.3, 0.4) is 0 Å². The standard InChI is InChI=1S/C26H30N4O/c1-18-9-11-21(23-8-4-5-13-27-23)22(15-18)26(31)30-14-6-7-20(3)24(30)17-29-25-12-10-19(2)16-28-25/h4-5,8-13,15-16,20,24H,6-7,14,17H2,1-3H3,(H,28,29). The minimum atomic E-state index is 0.0829. The molecule has 1 saturated heterocycles. The van der Waals surface area contributed by atoms with Gasteiger partial charge < -0.3 is 10.2 Å². The molecule has 0 radical (unpaired) electrons. The fourth-order valence-electron chi connectivity index (χ4n) is 4.33. The number of nitrogens with one attached hydrogen (secondary N) is 1. The number of likely N-dealkylation sites (tertiary alicyclic amines) is 1. The fourth-order valence-corrected chi connectivity index (χ4v) is 4.33. The molecule has 3 aromatic rings. The van der Waals surface area contributed by atoms with Crippen LogP contribution in [0.1, 0.15) is 41.3 Å². The average molecular weight is 415 g/mol. The van der Waals surface area contributed by atoms with Crippen molar-refractivity contribution in [2.45, 2.75) is 39.7 Å². The quantitative estimate of drug-likeness (QED) is 0.630. The highest BCUT2D eigenvalue weighted by molar-refractivity contribution is 6.01. The number of nitrogens with zero attached hydrogens (tertiary/aromatic N) is 3. The zero-order valence-corrected chi connectivity index (χ0v) is 18.5. The number of hydrogen-bond donors (Lipinski definition) is 1. The highest BCUT2D eigenvalue weighted by Gasteiger charge is 2.33. The lowest BCUT2D eigenvalue weighted by atomic mass is 9.89. The predicted octanol–water partition coefficient (Wildman–Crippen LogP) is 5.11. The Morgan fingerprint density at radius 2 is 1.94 bits per heavy atom. The normalized spacial score (nSPS) is 18.6. The molecule has 160 valence electrons. The fraction of sp³-hybridized carbons (Fsp3) is 0.346. The van der Waals surface area contributed by atoms with Gasteiger partial charge in [0, 0.05) is 36.6 Å². The van der Waals surface area contributed by atoms with Crippen LogP contribution in [0.4, 0.5) is 5.82 Å². The Kier molecular flexibility index (Phi) is 6.31. The number of aromatic nitrogens is 2. The summed E-state index contributed by atoms with van der Waals surface area (Å²) in [6.07, 6.45) is 5.78. The van der Waals surface area contributed by atoms with Crippen molar-refractivity contribution in [2.24, 2.45) is 5.92 Å². The Morgan fingerprint density at radius 3 is 2.68 bits per heavy atom. The number of pyridine rings is 2. The number of carbonyl (C=O) groups is 1. The van der Waals surface area contributed by atoms with E-state index in [-0.39, 0.29) is 11.9 Å². The molecule has 0 aliphatic carbocycles. The maximum atomic E-state index is 13.8. The van der Waals surface area contributed by atoms with Gasteiger partial charge in [0.25, 0.3) is 5.91 Å². The van der Waals surface area contributed by atoms with Crippen molar-refractivity contribution in [1.82, 2.24) is 14.9 Å². The Bertz CT molecular complexity index is 1030. The number of rotatable bonds is 5. The minimum Gasteiger partial charge on any atom is -0.368 e. The molecule has 3 heterocycles. The molecule has 0 bridgehead atoms. The van der Waals surface area contributed by atoms with Crippen LogP contribution >= 0.6 is 0 Å². The summed E-state index contributed by atoms with van der Waals surface area (Å²) in [7, 11) is 0. The molecular weight excluding hydrogens is 384 g/mol. The number of carbonyl (C=O) groups excluding carboxylic acids is 1. The zero-order chi connectivity index (χ0) is 21.8. The van der Waals surface area contributed by atoms with Crippen LogP contribution in [0.15, 0.2) is 60.9 Å². The summed E-state index contributed by atoms with van der Waals surface area (Å²) >= 11 is 0. The van der Waals surface area contributed by atoms with E-state index in [0.29, 0.717) is 12.5 Å². The van der Waals surface area contributed by atoms with Crippen LogP contribution in [0.5, 0.6) is 0 Å². The lowest BCUT2D eigenvalue weighted by Crippen LogP contribution is -2.51. The Hall–Kier alpha value is -3.21. The summed E-state index contributed by atoms with van der Waals surface area (Å²) in [5, 5.41) is 3.45. The minimum absolute atomic E-state index is 0.0829. The molecule has 1 fully saturated rings.